The lowest BCUT2D eigenvalue weighted by atomic mass is 9.90. The molecule has 1 aliphatic rings. The van der Waals surface area contributed by atoms with Crippen LogP contribution in [0.4, 0.5) is 4.39 Å². The Hall–Kier alpha value is -1.22. The summed E-state index contributed by atoms with van der Waals surface area (Å²) in [5.41, 5.74) is 1.17. The maximum absolute atomic E-state index is 13.5. The molecule has 1 fully saturated rings. The molecule has 1 saturated heterocycles. The van der Waals surface area contributed by atoms with Gasteiger partial charge in [0.15, 0.2) is 5.78 Å². The number of Topliss-reactive ketones (excluding diaryl/α,β-unsaturated/α-hetero) is 1. The largest absolute Gasteiger partial charge is 0.316 e. The number of rotatable bonds is 2. The third kappa shape index (κ3) is 2.30. The van der Waals surface area contributed by atoms with Crippen molar-refractivity contribution in [2.24, 2.45) is 5.92 Å². The quantitative estimate of drug-likeness (QED) is 0.776. The number of piperidine rings is 1. The van der Waals surface area contributed by atoms with Gasteiger partial charge in [0.1, 0.15) is 5.82 Å². The van der Waals surface area contributed by atoms with Gasteiger partial charge < -0.3 is 5.32 Å². The SMILES string of the molecule is Cc1ccc(F)c(C(=O)C2CCCNC2)c1. The van der Waals surface area contributed by atoms with Crippen molar-refractivity contribution in [3.8, 4) is 0 Å². The summed E-state index contributed by atoms with van der Waals surface area (Å²) in [7, 11) is 0. The number of aryl methyl sites for hydroxylation is 1. The van der Waals surface area contributed by atoms with E-state index in [2.05, 4.69) is 5.32 Å². The topological polar surface area (TPSA) is 29.1 Å². The zero-order valence-corrected chi connectivity index (χ0v) is 9.42. The van der Waals surface area contributed by atoms with Crippen molar-refractivity contribution < 1.29 is 9.18 Å². The molecule has 0 bridgehead atoms. The van der Waals surface area contributed by atoms with Crippen molar-refractivity contribution in [3.05, 3.63) is 35.1 Å². The Labute approximate surface area is 94.9 Å². The average molecular weight is 221 g/mol. The number of hydrogen-bond donors (Lipinski definition) is 1. The molecule has 1 heterocycles. The molecule has 0 spiro atoms. The van der Waals surface area contributed by atoms with E-state index < -0.39 is 5.82 Å². The molecule has 1 aromatic rings. The van der Waals surface area contributed by atoms with Gasteiger partial charge in [-0.25, -0.2) is 4.39 Å². The molecule has 2 rings (SSSR count). The molecule has 0 radical (unpaired) electrons. The molecule has 0 aromatic heterocycles. The zero-order valence-electron chi connectivity index (χ0n) is 9.42. The minimum atomic E-state index is -0.402. The number of carbonyl (C=O) groups is 1. The Bertz CT molecular complexity index is 397. The first-order chi connectivity index (χ1) is 7.68. The molecule has 1 aromatic carbocycles. The first-order valence-electron chi connectivity index (χ1n) is 5.69. The van der Waals surface area contributed by atoms with Crippen LogP contribution in [0.1, 0.15) is 28.8 Å². The van der Waals surface area contributed by atoms with Crippen LogP contribution in [0, 0.1) is 18.7 Å². The number of halogens is 1. The zero-order chi connectivity index (χ0) is 11.5. The van der Waals surface area contributed by atoms with E-state index in [0.29, 0.717) is 6.54 Å². The molecule has 86 valence electrons. The molecule has 2 nitrogen and oxygen atoms in total. The standard InChI is InChI=1S/C13H16FNO/c1-9-4-5-12(14)11(7-9)13(16)10-3-2-6-15-8-10/h4-5,7,10,15H,2-3,6,8H2,1H3. The summed E-state index contributed by atoms with van der Waals surface area (Å²) >= 11 is 0. The van der Waals surface area contributed by atoms with Gasteiger partial charge in [-0.15, -0.1) is 0 Å². The van der Waals surface area contributed by atoms with Crippen LogP contribution >= 0.6 is 0 Å². The summed E-state index contributed by atoms with van der Waals surface area (Å²) in [6, 6.07) is 4.70. The predicted octanol–water partition coefficient (Wildman–Crippen LogP) is 2.32. The summed E-state index contributed by atoms with van der Waals surface area (Å²) in [4.78, 5) is 12.1. The lowest BCUT2D eigenvalue weighted by Gasteiger charge is -2.21. The van der Waals surface area contributed by atoms with Crippen LogP contribution in [0.5, 0.6) is 0 Å². The Kier molecular flexibility index (Phi) is 3.34. The number of benzene rings is 1. The van der Waals surface area contributed by atoms with Crippen molar-refractivity contribution >= 4 is 5.78 Å². The summed E-state index contributed by atoms with van der Waals surface area (Å²) < 4.78 is 13.5. The van der Waals surface area contributed by atoms with E-state index in [9.17, 15) is 9.18 Å². The maximum Gasteiger partial charge on any atom is 0.170 e. The fraction of sp³-hybridized carbons (Fsp3) is 0.462. The second-order valence-electron chi connectivity index (χ2n) is 4.39. The highest BCUT2D eigenvalue weighted by molar-refractivity contribution is 5.98. The van der Waals surface area contributed by atoms with E-state index in [-0.39, 0.29) is 17.3 Å². The van der Waals surface area contributed by atoms with E-state index in [1.54, 1.807) is 12.1 Å². The molecule has 1 aliphatic heterocycles. The Morgan fingerprint density at radius 2 is 2.31 bits per heavy atom. The summed E-state index contributed by atoms with van der Waals surface area (Å²) in [6.07, 6.45) is 1.85. The summed E-state index contributed by atoms with van der Waals surface area (Å²) in [5, 5.41) is 3.18. The van der Waals surface area contributed by atoms with Gasteiger partial charge >= 0.3 is 0 Å². The molecule has 16 heavy (non-hydrogen) atoms. The van der Waals surface area contributed by atoms with E-state index in [0.717, 1.165) is 24.9 Å². The maximum atomic E-state index is 13.5. The molecule has 0 aliphatic carbocycles. The lowest BCUT2D eigenvalue weighted by Crippen LogP contribution is -2.34. The van der Waals surface area contributed by atoms with Crippen LogP contribution in [-0.4, -0.2) is 18.9 Å². The van der Waals surface area contributed by atoms with Gasteiger partial charge in [-0.3, -0.25) is 4.79 Å². The third-order valence-electron chi connectivity index (χ3n) is 3.05. The second kappa shape index (κ2) is 4.74. The van der Waals surface area contributed by atoms with Gasteiger partial charge in [0, 0.05) is 12.5 Å². The molecule has 1 unspecified atom stereocenters. The van der Waals surface area contributed by atoms with Crippen molar-refractivity contribution in [1.82, 2.24) is 5.32 Å². The van der Waals surface area contributed by atoms with E-state index in [1.807, 2.05) is 6.92 Å². The summed E-state index contributed by atoms with van der Waals surface area (Å²) in [5.74, 6) is -0.528. The van der Waals surface area contributed by atoms with Crippen LogP contribution in [0.15, 0.2) is 18.2 Å². The minimum absolute atomic E-state index is 0.0617. The Morgan fingerprint density at radius 3 is 3.00 bits per heavy atom. The number of hydrogen-bond acceptors (Lipinski definition) is 2. The normalized spacial score (nSPS) is 20.8. The van der Waals surface area contributed by atoms with Crippen LogP contribution in [0.25, 0.3) is 0 Å². The van der Waals surface area contributed by atoms with Crippen molar-refractivity contribution in [3.63, 3.8) is 0 Å². The van der Waals surface area contributed by atoms with Crippen LogP contribution < -0.4 is 5.32 Å². The first-order valence-corrected chi connectivity index (χ1v) is 5.69. The molecular formula is C13H16FNO. The fourth-order valence-electron chi connectivity index (χ4n) is 2.12. The van der Waals surface area contributed by atoms with Crippen molar-refractivity contribution in [1.29, 1.82) is 0 Å². The highest BCUT2D eigenvalue weighted by Crippen LogP contribution is 2.19. The molecular weight excluding hydrogens is 205 g/mol. The van der Waals surface area contributed by atoms with Crippen LogP contribution in [0.2, 0.25) is 0 Å². The number of carbonyl (C=O) groups excluding carboxylic acids is 1. The first kappa shape index (κ1) is 11.3. The third-order valence-corrected chi connectivity index (χ3v) is 3.05. The smallest absolute Gasteiger partial charge is 0.170 e. The molecule has 0 amide bonds. The molecule has 1 N–H and O–H groups in total. The van der Waals surface area contributed by atoms with Crippen LogP contribution in [-0.2, 0) is 0 Å². The molecule has 1 atom stereocenters. The van der Waals surface area contributed by atoms with Gasteiger partial charge in [0.25, 0.3) is 0 Å². The second-order valence-corrected chi connectivity index (χ2v) is 4.39. The van der Waals surface area contributed by atoms with Gasteiger partial charge in [-0.1, -0.05) is 11.6 Å². The van der Waals surface area contributed by atoms with Gasteiger partial charge in [0.05, 0.1) is 5.56 Å². The highest BCUT2D eigenvalue weighted by Gasteiger charge is 2.24. The molecule has 3 heteroatoms. The highest BCUT2D eigenvalue weighted by atomic mass is 19.1. The minimum Gasteiger partial charge on any atom is -0.316 e. The van der Waals surface area contributed by atoms with Gasteiger partial charge in [-0.2, -0.15) is 0 Å². The monoisotopic (exact) mass is 221 g/mol. The Morgan fingerprint density at radius 1 is 1.50 bits per heavy atom. The van der Waals surface area contributed by atoms with E-state index in [1.165, 1.54) is 6.07 Å². The lowest BCUT2D eigenvalue weighted by molar-refractivity contribution is 0.0895. The molecule has 0 saturated carbocycles. The predicted molar refractivity (Wildman–Crippen MR) is 61.1 cm³/mol. The van der Waals surface area contributed by atoms with Crippen molar-refractivity contribution in [2.75, 3.05) is 13.1 Å². The Balaban J connectivity index is 2.22. The van der Waals surface area contributed by atoms with Crippen molar-refractivity contribution in [2.45, 2.75) is 19.8 Å². The number of ketones is 1. The summed E-state index contributed by atoms with van der Waals surface area (Å²) in [6.45, 7) is 3.50. The van der Waals surface area contributed by atoms with Gasteiger partial charge in [0.2, 0.25) is 0 Å². The number of nitrogens with one attached hydrogen (secondary N) is 1. The average Bonchev–Trinajstić information content (AvgIpc) is 2.32. The van der Waals surface area contributed by atoms with Crippen LogP contribution in [0.3, 0.4) is 0 Å². The van der Waals surface area contributed by atoms with E-state index in [4.69, 9.17) is 0 Å². The fourth-order valence-corrected chi connectivity index (χ4v) is 2.12. The van der Waals surface area contributed by atoms with E-state index >= 15 is 0 Å². The van der Waals surface area contributed by atoms with Gasteiger partial charge in [-0.05, 0) is 38.4 Å².